The third kappa shape index (κ3) is 2.03. The summed E-state index contributed by atoms with van der Waals surface area (Å²) in [6.07, 6.45) is 1.74. The molecule has 0 radical (unpaired) electrons. The molecule has 2 heterocycles. The molecular formula is C15H14N4O. The Kier molecular flexibility index (Phi) is 2.95. The van der Waals surface area contributed by atoms with Crippen molar-refractivity contribution < 1.29 is 4.79 Å². The minimum Gasteiger partial charge on any atom is -0.298 e. The largest absolute Gasteiger partial charge is 0.298 e. The standard InChI is InChI=1S/C15H14N4O/c1-10(20)19(2)15-12-8-13(11-6-4-3-5-7-11)16-9-14(12)17-18-15/h3-9H,1-2H3,(H,17,18). The number of hydrogen-bond donors (Lipinski definition) is 1. The average molecular weight is 266 g/mol. The number of aromatic amines is 1. The molecule has 0 saturated carbocycles. The highest BCUT2D eigenvalue weighted by Crippen LogP contribution is 2.27. The van der Waals surface area contributed by atoms with Crippen molar-refractivity contribution in [3.8, 4) is 11.3 Å². The highest BCUT2D eigenvalue weighted by molar-refractivity contribution is 6.00. The number of fused-ring (bicyclic) bond motifs is 1. The zero-order valence-electron chi connectivity index (χ0n) is 11.3. The Hall–Kier alpha value is -2.69. The molecule has 3 aromatic rings. The molecule has 20 heavy (non-hydrogen) atoms. The fourth-order valence-electron chi connectivity index (χ4n) is 2.07. The molecule has 0 aliphatic rings. The van der Waals surface area contributed by atoms with Gasteiger partial charge in [-0.25, -0.2) is 0 Å². The molecule has 0 bridgehead atoms. The van der Waals surface area contributed by atoms with Crippen LogP contribution in [-0.2, 0) is 4.79 Å². The monoisotopic (exact) mass is 266 g/mol. The number of H-pyrrole nitrogens is 1. The van der Waals surface area contributed by atoms with Crippen LogP contribution in [-0.4, -0.2) is 28.1 Å². The number of benzene rings is 1. The van der Waals surface area contributed by atoms with Gasteiger partial charge in [0.25, 0.3) is 0 Å². The maximum Gasteiger partial charge on any atom is 0.224 e. The van der Waals surface area contributed by atoms with Crippen LogP contribution in [0, 0.1) is 0 Å². The average Bonchev–Trinajstić information content (AvgIpc) is 2.90. The van der Waals surface area contributed by atoms with Gasteiger partial charge in [0, 0.05) is 24.9 Å². The summed E-state index contributed by atoms with van der Waals surface area (Å²) < 4.78 is 0. The van der Waals surface area contributed by atoms with Gasteiger partial charge in [0.15, 0.2) is 5.82 Å². The summed E-state index contributed by atoms with van der Waals surface area (Å²) in [5, 5.41) is 7.97. The molecule has 0 fully saturated rings. The maximum absolute atomic E-state index is 11.5. The van der Waals surface area contributed by atoms with Crippen LogP contribution in [0.25, 0.3) is 22.2 Å². The van der Waals surface area contributed by atoms with Gasteiger partial charge in [-0.3, -0.25) is 19.8 Å². The molecule has 1 aromatic carbocycles. The van der Waals surface area contributed by atoms with E-state index in [-0.39, 0.29) is 5.91 Å². The van der Waals surface area contributed by atoms with Crippen molar-refractivity contribution in [3.05, 3.63) is 42.6 Å². The molecule has 0 atom stereocenters. The molecule has 5 nitrogen and oxygen atoms in total. The van der Waals surface area contributed by atoms with Crippen LogP contribution in [0.4, 0.5) is 5.82 Å². The molecule has 1 amide bonds. The molecule has 0 unspecified atom stereocenters. The second-order valence-corrected chi connectivity index (χ2v) is 4.61. The normalized spacial score (nSPS) is 10.7. The summed E-state index contributed by atoms with van der Waals surface area (Å²) in [7, 11) is 1.71. The van der Waals surface area contributed by atoms with Crippen LogP contribution in [0.2, 0.25) is 0 Å². The van der Waals surface area contributed by atoms with Crippen molar-refractivity contribution >= 4 is 22.6 Å². The number of carbonyl (C=O) groups excluding carboxylic acids is 1. The van der Waals surface area contributed by atoms with E-state index in [1.54, 1.807) is 13.2 Å². The number of hydrogen-bond acceptors (Lipinski definition) is 3. The predicted octanol–water partition coefficient (Wildman–Crippen LogP) is 2.61. The molecule has 2 aromatic heterocycles. The number of carbonyl (C=O) groups is 1. The molecule has 5 heteroatoms. The Balaban J connectivity index is 2.15. The zero-order valence-corrected chi connectivity index (χ0v) is 11.3. The summed E-state index contributed by atoms with van der Waals surface area (Å²) >= 11 is 0. The molecule has 0 aliphatic carbocycles. The second kappa shape index (κ2) is 4.77. The number of nitrogens with one attached hydrogen (secondary N) is 1. The lowest BCUT2D eigenvalue weighted by molar-refractivity contribution is -0.116. The number of pyridine rings is 1. The van der Waals surface area contributed by atoms with E-state index < -0.39 is 0 Å². The summed E-state index contributed by atoms with van der Waals surface area (Å²) in [5.41, 5.74) is 2.71. The smallest absolute Gasteiger partial charge is 0.224 e. The summed E-state index contributed by atoms with van der Waals surface area (Å²) in [5.74, 6) is 0.559. The first-order chi connectivity index (χ1) is 9.66. The summed E-state index contributed by atoms with van der Waals surface area (Å²) in [4.78, 5) is 17.4. The van der Waals surface area contributed by atoms with Crippen LogP contribution >= 0.6 is 0 Å². The van der Waals surface area contributed by atoms with Crippen molar-refractivity contribution in [2.75, 3.05) is 11.9 Å². The van der Waals surface area contributed by atoms with Crippen LogP contribution < -0.4 is 4.90 Å². The third-order valence-electron chi connectivity index (χ3n) is 3.29. The first-order valence-corrected chi connectivity index (χ1v) is 6.30. The van der Waals surface area contributed by atoms with E-state index in [0.717, 1.165) is 22.2 Å². The van der Waals surface area contributed by atoms with Gasteiger partial charge < -0.3 is 0 Å². The molecule has 100 valence electrons. The van der Waals surface area contributed by atoms with E-state index in [1.165, 1.54) is 11.8 Å². The maximum atomic E-state index is 11.5. The Morgan fingerprint density at radius 1 is 1.25 bits per heavy atom. The Morgan fingerprint density at radius 2 is 2.00 bits per heavy atom. The van der Waals surface area contributed by atoms with E-state index in [1.807, 2.05) is 36.4 Å². The first-order valence-electron chi connectivity index (χ1n) is 6.30. The number of nitrogens with zero attached hydrogens (tertiary/aromatic N) is 3. The number of rotatable bonds is 2. The van der Waals surface area contributed by atoms with E-state index >= 15 is 0 Å². The van der Waals surface area contributed by atoms with Crippen molar-refractivity contribution in [2.45, 2.75) is 6.92 Å². The molecule has 1 N–H and O–H groups in total. The molecule has 0 saturated heterocycles. The minimum absolute atomic E-state index is 0.0588. The lowest BCUT2D eigenvalue weighted by Crippen LogP contribution is -2.23. The van der Waals surface area contributed by atoms with Gasteiger partial charge in [-0.2, -0.15) is 5.10 Å². The first kappa shape index (κ1) is 12.3. The lowest BCUT2D eigenvalue weighted by atomic mass is 10.1. The topological polar surface area (TPSA) is 61.9 Å². The highest BCUT2D eigenvalue weighted by atomic mass is 16.2. The minimum atomic E-state index is -0.0588. The number of amides is 1. The van der Waals surface area contributed by atoms with Gasteiger partial charge in [0.05, 0.1) is 17.4 Å². The highest BCUT2D eigenvalue weighted by Gasteiger charge is 2.14. The van der Waals surface area contributed by atoms with Crippen LogP contribution in [0.1, 0.15) is 6.92 Å². The fraction of sp³-hybridized carbons (Fsp3) is 0.133. The van der Waals surface area contributed by atoms with E-state index in [9.17, 15) is 4.79 Å². The summed E-state index contributed by atoms with van der Waals surface area (Å²) in [6, 6.07) is 11.9. The van der Waals surface area contributed by atoms with Crippen molar-refractivity contribution in [3.63, 3.8) is 0 Å². The summed E-state index contributed by atoms with van der Waals surface area (Å²) in [6.45, 7) is 1.51. The number of aromatic nitrogens is 3. The van der Waals surface area contributed by atoms with E-state index in [0.29, 0.717) is 5.82 Å². The molecule has 3 rings (SSSR count). The van der Waals surface area contributed by atoms with Crippen LogP contribution in [0.3, 0.4) is 0 Å². The fourth-order valence-corrected chi connectivity index (χ4v) is 2.07. The van der Waals surface area contributed by atoms with E-state index in [2.05, 4.69) is 15.2 Å². The van der Waals surface area contributed by atoms with Crippen LogP contribution in [0.15, 0.2) is 42.6 Å². The third-order valence-corrected chi connectivity index (χ3v) is 3.29. The van der Waals surface area contributed by atoms with Crippen molar-refractivity contribution in [1.29, 1.82) is 0 Å². The molecular weight excluding hydrogens is 252 g/mol. The van der Waals surface area contributed by atoms with Gasteiger partial charge in [0.1, 0.15) is 0 Å². The number of anilines is 1. The lowest BCUT2D eigenvalue weighted by Gasteiger charge is -2.11. The Labute approximate surface area is 116 Å². The van der Waals surface area contributed by atoms with Gasteiger partial charge >= 0.3 is 0 Å². The van der Waals surface area contributed by atoms with Gasteiger partial charge in [0.2, 0.25) is 5.91 Å². The Bertz CT molecular complexity index is 764. The molecule has 0 spiro atoms. The van der Waals surface area contributed by atoms with Crippen molar-refractivity contribution in [2.24, 2.45) is 0 Å². The Morgan fingerprint density at radius 3 is 2.70 bits per heavy atom. The quantitative estimate of drug-likeness (QED) is 0.775. The van der Waals surface area contributed by atoms with Crippen molar-refractivity contribution in [1.82, 2.24) is 15.2 Å². The van der Waals surface area contributed by atoms with Gasteiger partial charge in [-0.05, 0) is 6.07 Å². The van der Waals surface area contributed by atoms with Gasteiger partial charge in [-0.15, -0.1) is 0 Å². The van der Waals surface area contributed by atoms with Gasteiger partial charge in [-0.1, -0.05) is 30.3 Å². The SMILES string of the molecule is CC(=O)N(C)c1n[nH]c2cnc(-c3ccccc3)cc12. The van der Waals surface area contributed by atoms with Crippen LogP contribution in [0.5, 0.6) is 0 Å². The predicted molar refractivity (Wildman–Crippen MR) is 78.4 cm³/mol. The molecule has 0 aliphatic heterocycles. The second-order valence-electron chi connectivity index (χ2n) is 4.61. The zero-order chi connectivity index (χ0) is 14.1. The van der Waals surface area contributed by atoms with E-state index in [4.69, 9.17) is 0 Å².